The van der Waals surface area contributed by atoms with Crippen LogP contribution in [0.5, 0.6) is 17.2 Å². The molecule has 0 bridgehead atoms. The molecular formula is C18H22N2O3S2. The van der Waals surface area contributed by atoms with Crippen molar-refractivity contribution < 1.29 is 14.2 Å². The smallest absolute Gasteiger partial charge is 0.203 e. The van der Waals surface area contributed by atoms with Crippen LogP contribution >= 0.6 is 24.0 Å². The summed E-state index contributed by atoms with van der Waals surface area (Å²) in [6, 6.07) is 13.9. The molecule has 0 aliphatic rings. The highest BCUT2D eigenvalue weighted by Crippen LogP contribution is 2.39. The van der Waals surface area contributed by atoms with Crippen molar-refractivity contribution in [1.82, 2.24) is 5.32 Å². The summed E-state index contributed by atoms with van der Waals surface area (Å²) < 4.78 is 16.0. The summed E-state index contributed by atoms with van der Waals surface area (Å²) in [6.45, 7) is 0.760. The summed E-state index contributed by atoms with van der Waals surface area (Å²) in [7, 11) is 4.74. The van der Waals surface area contributed by atoms with Crippen LogP contribution < -0.4 is 24.8 Å². The third kappa shape index (κ3) is 5.72. The molecule has 2 rings (SSSR count). The Morgan fingerprint density at radius 1 is 1.00 bits per heavy atom. The van der Waals surface area contributed by atoms with E-state index < -0.39 is 0 Å². The summed E-state index contributed by atoms with van der Waals surface area (Å²) in [6.07, 6.45) is 0. The van der Waals surface area contributed by atoms with E-state index in [1.807, 2.05) is 30.3 Å². The predicted octanol–water partition coefficient (Wildman–Crippen LogP) is 3.79. The lowest BCUT2D eigenvalue weighted by Gasteiger charge is -2.16. The van der Waals surface area contributed by atoms with Crippen LogP contribution in [-0.4, -0.2) is 38.7 Å². The number of hydrogen-bond acceptors (Lipinski definition) is 5. The molecular weight excluding hydrogens is 356 g/mol. The number of thioether (sulfide) groups is 1. The molecule has 0 aliphatic heterocycles. The van der Waals surface area contributed by atoms with Crippen LogP contribution in [0.3, 0.4) is 0 Å². The summed E-state index contributed by atoms with van der Waals surface area (Å²) >= 11 is 7.12. The largest absolute Gasteiger partial charge is 0.493 e. The van der Waals surface area contributed by atoms with Gasteiger partial charge in [0, 0.05) is 35.0 Å². The fourth-order valence-corrected chi connectivity index (χ4v) is 3.19. The van der Waals surface area contributed by atoms with Crippen LogP contribution in [0.4, 0.5) is 5.69 Å². The fourth-order valence-electron chi connectivity index (χ4n) is 2.18. The summed E-state index contributed by atoms with van der Waals surface area (Å²) in [4.78, 5) is 1.24. The molecule has 0 saturated heterocycles. The Bertz CT molecular complexity index is 671. The molecule has 0 saturated carbocycles. The molecule has 7 heteroatoms. The minimum Gasteiger partial charge on any atom is -0.493 e. The highest BCUT2D eigenvalue weighted by atomic mass is 32.2. The highest BCUT2D eigenvalue weighted by molar-refractivity contribution is 7.99. The third-order valence-corrected chi connectivity index (χ3v) is 4.58. The van der Waals surface area contributed by atoms with Crippen LogP contribution in [0.25, 0.3) is 0 Å². The Labute approximate surface area is 158 Å². The van der Waals surface area contributed by atoms with Crippen LogP contribution in [0.1, 0.15) is 0 Å². The molecule has 2 N–H and O–H groups in total. The first kappa shape index (κ1) is 19.2. The molecule has 134 valence electrons. The average molecular weight is 379 g/mol. The zero-order valence-corrected chi connectivity index (χ0v) is 16.1. The normalized spacial score (nSPS) is 10.0. The number of hydrogen-bond donors (Lipinski definition) is 2. The van der Waals surface area contributed by atoms with Gasteiger partial charge in [0.05, 0.1) is 21.3 Å². The third-order valence-electron chi connectivity index (χ3n) is 3.32. The van der Waals surface area contributed by atoms with Gasteiger partial charge in [0.2, 0.25) is 5.75 Å². The lowest BCUT2D eigenvalue weighted by atomic mass is 10.2. The van der Waals surface area contributed by atoms with Crippen molar-refractivity contribution in [3.63, 3.8) is 0 Å². The molecule has 0 aromatic heterocycles. The van der Waals surface area contributed by atoms with Gasteiger partial charge in [0.1, 0.15) is 0 Å². The van der Waals surface area contributed by atoms with Crippen molar-refractivity contribution in [3.8, 4) is 17.2 Å². The quantitative estimate of drug-likeness (QED) is 0.412. The first-order chi connectivity index (χ1) is 12.2. The van der Waals surface area contributed by atoms with Gasteiger partial charge in [-0.15, -0.1) is 11.8 Å². The number of methoxy groups -OCH3 is 3. The lowest BCUT2D eigenvalue weighted by molar-refractivity contribution is 0.324. The van der Waals surface area contributed by atoms with Gasteiger partial charge in [-0.1, -0.05) is 18.2 Å². The predicted molar refractivity (Wildman–Crippen MR) is 107 cm³/mol. The summed E-state index contributed by atoms with van der Waals surface area (Å²) in [5.74, 6) is 2.62. The van der Waals surface area contributed by atoms with Gasteiger partial charge < -0.3 is 24.8 Å². The van der Waals surface area contributed by atoms with E-state index in [9.17, 15) is 0 Å². The zero-order chi connectivity index (χ0) is 18.1. The SMILES string of the molecule is COc1cc(NC(=S)NCCSc2ccccc2)cc(OC)c1OC. The molecule has 0 radical (unpaired) electrons. The van der Waals surface area contributed by atoms with E-state index in [4.69, 9.17) is 26.4 Å². The molecule has 5 nitrogen and oxygen atoms in total. The topological polar surface area (TPSA) is 51.8 Å². The van der Waals surface area contributed by atoms with Crippen LogP contribution in [0.2, 0.25) is 0 Å². The molecule has 2 aromatic rings. The number of rotatable bonds is 8. The number of benzene rings is 2. The van der Waals surface area contributed by atoms with Gasteiger partial charge >= 0.3 is 0 Å². The van der Waals surface area contributed by atoms with Gasteiger partial charge in [-0.3, -0.25) is 0 Å². The van der Waals surface area contributed by atoms with Crippen molar-refractivity contribution in [3.05, 3.63) is 42.5 Å². The zero-order valence-electron chi connectivity index (χ0n) is 14.5. The maximum Gasteiger partial charge on any atom is 0.203 e. The van der Waals surface area contributed by atoms with E-state index in [-0.39, 0.29) is 0 Å². The minimum atomic E-state index is 0.544. The average Bonchev–Trinajstić information content (AvgIpc) is 2.65. The van der Waals surface area contributed by atoms with Crippen LogP contribution in [0.15, 0.2) is 47.4 Å². The van der Waals surface area contributed by atoms with E-state index in [2.05, 4.69) is 22.8 Å². The first-order valence-electron chi connectivity index (χ1n) is 7.70. The molecule has 0 heterocycles. The number of thiocarbonyl (C=S) groups is 1. The van der Waals surface area contributed by atoms with Crippen LogP contribution in [-0.2, 0) is 0 Å². The van der Waals surface area contributed by atoms with Crippen molar-refractivity contribution in [2.45, 2.75) is 4.90 Å². The lowest BCUT2D eigenvalue weighted by Crippen LogP contribution is -2.30. The molecule has 0 unspecified atom stereocenters. The maximum atomic E-state index is 5.34. The molecule has 2 aromatic carbocycles. The molecule has 0 amide bonds. The van der Waals surface area contributed by atoms with Gasteiger partial charge in [-0.25, -0.2) is 0 Å². The van der Waals surface area contributed by atoms with Gasteiger partial charge in [0.25, 0.3) is 0 Å². The van der Waals surface area contributed by atoms with Gasteiger partial charge in [0.15, 0.2) is 16.6 Å². The second kappa shape index (κ2) is 10.0. The van der Waals surface area contributed by atoms with Gasteiger partial charge in [-0.05, 0) is 24.4 Å². The monoisotopic (exact) mass is 378 g/mol. The van der Waals surface area contributed by atoms with Crippen LogP contribution in [0, 0.1) is 0 Å². The molecule has 25 heavy (non-hydrogen) atoms. The molecule has 0 spiro atoms. The van der Waals surface area contributed by atoms with Crippen molar-refractivity contribution in [2.24, 2.45) is 0 Å². The molecule has 0 fully saturated rings. The molecule has 0 aliphatic carbocycles. The fraction of sp³-hybridized carbons (Fsp3) is 0.278. The summed E-state index contributed by atoms with van der Waals surface area (Å²) in [5.41, 5.74) is 0.766. The summed E-state index contributed by atoms with van der Waals surface area (Å²) in [5, 5.41) is 6.87. The number of anilines is 1. The van der Waals surface area contributed by atoms with E-state index in [1.54, 1.807) is 33.1 Å². The van der Waals surface area contributed by atoms with E-state index in [0.29, 0.717) is 22.4 Å². The van der Waals surface area contributed by atoms with Gasteiger partial charge in [-0.2, -0.15) is 0 Å². The van der Waals surface area contributed by atoms with Crippen molar-refractivity contribution >= 4 is 34.8 Å². The van der Waals surface area contributed by atoms with E-state index in [1.165, 1.54) is 4.90 Å². The second-order valence-corrected chi connectivity index (χ2v) is 6.53. The van der Waals surface area contributed by atoms with Crippen molar-refractivity contribution in [1.29, 1.82) is 0 Å². The Hall–Kier alpha value is -2.12. The first-order valence-corrected chi connectivity index (χ1v) is 9.10. The standard InChI is InChI=1S/C18H22N2O3S2/c1-21-15-11-13(12-16(22-2)17(15)23-3)20-18(24)19-9-10-25-14-7-5-4-6-8-14/h4-8,11-12H,9-10H2,1-3H3,(H2,19,20,24). The Morgan fingerprint density at radius 3 is 2.20 bits per heavy atom. The highest BCUT2D eigenvalue weighted by Gasteiger charge is 2.13. The molecule has 0 atom stereocenters. The second-order valence-electron chi connectivity index (χ2n) is 4.96. The number of ether oxygens (including phenoxy) is 3. The number of nitrogens with one attached hydrogen (secondary N) is 2. The van der Waals surface area contributed by atoms with E-state index in [0.717, 1.165) is 18.0 Å². The minimum absolute atomic E-state index is 0.544. The Balaban J connectivity index is 1.87. The van der Waals surface area contributed by atoms with Crippen molar-refractivity contribution in [2.75, 3.05) is 38.9 Å². The van der Waals surface area contributed by atoms with E-state index >= 15 is 0 Å². The Morgan fingerprint density at radius 2 is 1.64 bits per heavy atom. The maximum absolute atomic E-state index is 5.34. The Kier molecular flexibility index (Phi) is 7.69.